The van der Waals surface area contributed by atoms with Gasteiger partial charge < -0.3 is 9.47 Å². The quantitative estimate of drug-likeness (QED) is 0.502. The van der Waals surface area contributed by atoms with Crippen LogP contribution in [-0.2, 0) is 4.74 Å². The van der Waals surface area contributed by atoms with Crippen LogP contribution in [-0.4, -0.2) is 30.3 Å². The second kappa shape index (κ2) is 9.21. The van der Waals surface area contributed by atoms with E-state index in [0.29, 0.717) is 11.4 Å². The summed E-state index contributed by atoms with van der Waals surface area (Å²) in [5, 5.41) is 11.0. The molecule has 0 fully saturated rings. The van der Waals surface area contributed by atoms with E-state index < -0.39 is 17.7 Å². The lowest BCUT2D eigenvalue weighted by molar-refractivity contribution is -0.480. The Morgan fingerprint density at radius 2 is 1.71 bits per heavy atom. The van der Waals surface area contributed by atoms with Crippen molar-refractivity contribution in [2.45, 2.75) is 38.8 Å². The van der Waals surface area contributed by atoms with E-state index in [1.165, 1.54) is 4.90 Å². The average molecular weight is 386 g/mol. The highest BCUT2D eigenvalue weighted by Crippen LogP contribution is 2.32. The van der Waals surface area contributed by atoms with Crippen LogP contribution in [0.4, 0.5) is 10.5 Å². The number of nitro groups is 1. The predicted molar refractivity (Wildman–Crippen MR) is 107 cm³/mol. The molecule has 0 spiro atoms. The van der Waals surface area contributed by atoms with Crippen LogP contribution >= 0.6 is 0 Å². The molecule has 2 aromatic carbocycles. The van der Waals surface area contributed by atoms with Gasteiger partial charge in [-0.25, -0.2) is 4.79 Å². The van der Waals surface area contributed by atoms with Gasteiger partial charge in [-0.05, 0) is 50.6 Å². The minimum atomic E-state index is -0.702. The normalized spacial score (nSPS) is 12.1. The van der Waals surface area contributed by atoms with Crippen LogP contribution in [0.15, 0.2) is 54.6 Å². The Kier molecular flexibility index (Phi) is 6.98. The van der Waals surface area contributed by atoms with Gasteiger partial charge in [0.05, 0.1) is 13.2 Å². The van der Waals surface area contributed by atoms with Gasteiger partial charge in [0.25, 0.3) is 0 Å². The van der Waals surface area contributed by atoms with Crippen molar-refractivity contribution < 1.29 is 19.2 Å². The fourth-order valence-electron chi connectivity index (χ4n) is 2.81. The number of carbonyl (C=O) groups is 1. The number of hydrogen-bond acceptors (Lipinski definition) is 5. The van der Waals surface area contributed by atoms with Gasteiger partial charge in [-0.15, -0.1) is 0 Å². The molecule has 1 amide bonds. The number of anilines is 1. The van der Waals surface area contributed by atoms with Crippen LogP contribution in [0.5, 0.6) is 5.75 Å². The SMILES string of the molecule is COc1ccc(N(C(=O)OC(C)(C)C)[C@@H](CC[N+](=O)[O-])c2ccccc2)cc1. The van der Waals surface area contributed by atoms with Crippen molar-refractivity contribution in [3.8, 4) is 5.75 Å². The highest BCUT2D eigenvalue weighted by molar-refractivity contribution is 5.89. The lowest BCUT2D eigenvalue weighted by Gasteiger charge is -2.33. The highest BCUT2D eigenvalue weighted by atomic mass is 16.6. The molecule has 1 atom stereocenters. The molecule has 2 aromatic rings. The third-order valence-corrected chi connectivity index (χ3v) is 4.02. The maximum absolute atomic E-state index is 13.1. The minimum Gasteiger partial charge on any atom is -0.497 e. The lowest BCUT2D eigenvalue weighted by Crippen LogP contribution is -2.40. The third-order valence-electron chi connectivity index (χ3n) is 4.02. The molecule has 150 valence electrons. The molecule has 0 unspecified atom stereocenters. The van der Waals surface area contributed by atoms with E-state index in [1.807, 2.05) is 30.3 Å². The first-order valence-electron chi connectivity index (χ1n) is 9.04. The molecule has 7 heteroatoms. The first-order valence-corrected chi connectivity index (χ1v) is 9.04. The summed E-state index contributed by atoms with van der Waals surface area (Å²) in [6.45, 7) is 5.08. The molecule has 0 radical (unpaired) electrons. The number of carbonyl (C=O) groups excluding carboxylic acids is 1. The number of amides is 1. The molecular formula is C21H26N2O5. The monoisotopic (exact) mass is 386 g/mol. The third kappa shape index (κ3) is 5.97. The van der Waals surface area contributed by atoms with Crippen molar-refractivity contribution in [2.24, 2.45) is 0 Å². The van der Waals surface area contributed by atoms with E-state index in [-0.39, 0.29) is 17.9 Å². The van der Waals surface area contributed by atoms with Gasteiger partial charge in [0.2, 0.25) is 6.54 Å². The first kappa shape index (κ1) is 21.2. The largest absolute Gasteiger partial charge is 0.497 e. The summed E-state index contributed by atoms with van der Waals surface area (Å²) >= 11 is 0. The van der Waals surface area contributed by atoms with Gasteiger partial charge in [-0.2, -0.15) is 0 Å². The molecule has 0 saturated carbocycles. The summed E-state index contributed by atoms with van der Waals surface area (Å²) in [5.41, 5.74) is 0.671. The van der Waals surface area contributed by atoms with Crippen molar-refractivity contribution in [1.82, 2.24) is 0 Å². The maximum atomic E-state index is 13.1. The van der Waals surface area contributed by atoms with Crippen LogP contribution in [0, 0.1) is 10.1 Å². The Bertz CT molecular complexity index is 785. The summed E-state index contributed by atoms with van der Waals surface area (Å²) in [6.07, 6.45) is -0.405. The Balaban J connectivity index is 2.50. The molecule has 7 nitrogen and oxygen atoms in total. The van der Waals surface area contributed by atoms with Gasteiger partial charge in [0.15, 0.2) is 0 Å². The van der Waals surface area contributed by atoms with Crippen molar-refractivity contribution in [1.29, 1.82) is 0 Å². The molecule has 28 heavy (non-hydrogen) atoms. The van der Waals surface area contributed by atoms with E-state index >= 15 is 0 Å². The second-order valence-corrected chi connectivity index (χ2v) is 7.32. The summed E-state index contributed by atoms with van der Waals surface area (Å²) in [5.74, 6) is 0.648. The highest BCUT2D eigenvalue weighted by Gasteiger charge is 2.31. The van der Waals surface area contributed by atoms with Crippen molar-refractivity contribution in [2.75, 3.05) is 18.6 Å². The maximum Gasteiger partial charge on any atom is 0.415 e. The van der Waals surface area contributed by atoms with Crippen LogP contribution in [0.3, 0.4) is 0 Å². The van der Waals surface area contributed by atoms with E-state index in [0.717, 1.165) is 5.56 Å². The smallest absolute Gasteiger partial charge is 0.415 e. The number of benzene rings is 2. The molecule has 0 aliphatic carbocycles. The molecule has 0 aliphatic rings. The second-order valence-electron chi connectivity index (χ2n) is 7.32. The molecule has 0 bridgehead atoms. The van der Waals surface area contributed by atoms with Gasteiger partial charge in [-0.3, -0.25) is 15.0 Å². The number of nitrogens with zero attached hydrogens (tertiary/aromatic N) is 2. The average Bonchev–Trinajstić information content (AvgIpc) is 2.64. The van der Waals surface area contributed by atoms with Crippen LogP contribution in [0.25, 0.3) is 0 Å². The van der Waals surface area contributed by atoms with Gasteiger partial charge in [0.1, 0.15) is 11.4 Å². The van der Waals surface area contributed by atoms with E-state index in [1.54, 1.807) is 52.1 Å². The Morgan fingerprint density at radius 3 is 2.21 bits per heavy atom. The van der Waals surface area contributed by atoms with Crippen molar-refractivity contribution >= 4 is 11.8 Å². The zero-order valence-electron chi connectivity index (χ0n) is 16.6. The molecule has 0 heterocycles. The fourth-order valence-corrected chi connectivity index (χ4v) is 2.81. The van der Waals surface area contributed by atoms with Gasteiger partial charge in [0, 0.05) is 17.0 Å². The molecule has 0 saturated heterocycles. The molecule has 0 aliphatic heterocycles. The zero-order chi connectivity index (χ0) is 20.7. The van der Waals surface area contributed by atoms with Crippen LogP contribution < -0.4 is 9.64 Å². The lowest BCUT2D eigenvalue weighted by atomic mass is 10.0. The topological polar surface area (TPSA) is 81.9 Å². The van der Waals surface area contributed by atoms with Crippen LogP contribution in [0.1, 0.15) is 38.8 Å². The number of rotatable bonds is 7. The fraction of sp³-hybridized carbons (Fsp3) is 0.381. The number of ether oxygens (including phenoxy) is 2. The van der Waals surface area contributed by atoms with E-state index in [2.05, 4.69) is 0 Å². The summed E-state index contributed by atoms with van der Waals surface area (Å²) in [4.78, 5) is 25.2. The molecular weight excluding hydrogens is 360 g/mol. The molecule has 2 rings (SSSR count). The Hall–Kier alpha value is -3.09. The first-order chi connectivity index (χ1) is 13.2. The van der Waals surface area contributed by atoms with Gasteiger partial charge >= 0.3 is 6.09 Å². The summed E-state index contributed by atoms with van der Waals surface area (Å²) in [6, 6.07) is 15.7. The van der Waals surface area contributed by atoms with Crippen LogP contribution in [0.2, 0.25) is 0 Å². The number of methoxy groups -OCH3 is 1. The van der Waals surface area contributed by atoms with E-state index in [4.69, 9.17) is 9.47 Å². The summed E-state index contributed by atoms with van der Waals surface area (Å²) in [7, 11) is 1.56. The van der Waals surface area contributed by atoms with Crippen molar-refractivity contribution in [3.63, 3.8) is 0 Å². The molecule has 0 aromatic heterocycles. The minimum absolute atomic E-state index is 0.155. The standard InChI is InChI=1S/C21H26N2O5/c1-21(2,3)28-20(24)23(17-10-12-18(27-4)13-11-17)19(14-15-22(25)26)16-8-6-5-7-9-16/h5-13,19H,14-15H2,1-4H3/t19-/m0/s1. The predicted octanol–water partition coefficient (Wildman–Crippen LogP) is 4.84. The molecule has 0 N–H and O–H groups in total. The Morgan fingerprint density at radius 1 is 1.11 bits per heavy atom. The van der Waals surface area contributed by atoms with E-state index in [9.17, 15) is 14.9 Å². The number of hydrogen-bond donors (Lipinski definition) is 0. The summed E-state index contributed by atoms with van der Waals surface area (Å²) < 4.78 is 10.8. The Labute approximate surface area is 165 Å². The van der Waals surface area contributed by atoms with Gasteiger partial charge in [-0.1, -0.05) is 30.3 Å². The zero-order valence-corrected chi connectivity index (χ0v) is 16.6. The van der Waals surface area contributed by atoms with Crippen molar-refractivity contribution in [3.05, 3.63) is 70.3 Å².